The number of aliphatic hydroxyl groups excluding tert-OH is 1. The van der Waals surface area contributed by atoms with E-state index in [2.05, 4.69) is 39.0 Å². The van der Waals surface area contributed by atoms with Crippen LogP contribution >= 0.6 is 0 Å². The summed E-state index contributed by atoms with van der Waals surface area (Å²) < 4.78 is 0. The Hall–Kier alpha value is -3.39. The summed E-state index contributed by atoms with van der Waals surface area (Å²) in [4.78, 5) is 35.5. The van der Waals surface area contributed by atoms with Gasteiger partial charge >= 0.3 is 5.97 Å². The van der Waals surface area contributed by atoms with Crippen LogP contribution in [0.15, 0.2) is 48.7 Å². The summed E-state index contributed by atoms with van der Waals surface area (Å²) in [6, 6.07) is 12.1. The molecule has 1 aromatic carbocycles. The smallest absolute Gasteiger partial charge is 0.328 e. The molecule has 0 atom stereocenters. The number of carboxylic acids is 1. The van der Waals surface area contributed by atoms with Gasteiger partial charge in [0.25, 0.3) is 0 Å². The number of amides is 1. The van der Waals surface area contributed by atoms with Gasteiger partial charge in [0, 0.05) is 63.3 Å². The van der Waals surface area contributed by atoms with Crippen molar-refractivity contribution in [3.05, 3.63) is 54.2 Å². The van der Waals surface area contributed by atoms with Crippen LogP contribution in [0, 0.1) is 11.8 Å². The van der Waals surface area contributed by atoms with Gasteiger partial charge in [-0.05, 0) is 92.5 Å². The van der Waals surface area contributed by atoms with E-state index in [1.807, 2.05) is 19.0 Å². The molecule has 1 aliphatic carbocycles. The molecular formula is C29H38N4O4. The summed E-state index contributed by atoms with van der Waals surface area (Å²) in [5.41, 5.74) is 3.09. The molecule has 8 nitrogen and oxygen atoms in total. The zero-order valence-electron chi connectivity index (χ0n) is 21.8. The van der Waals surface area contributed by atoms with Crippen LogP contribution in [0.2, 0.25) is 0 Å². The first-order valence-electron chi connectivity index (χ1n) is 13.2. The number of carbonyl (C=O) groups excluding carboxylic acids is 1. The second-order valence-electron chi connectivity index (χ2n) is 10.4. The van der Waals surface area contributed by atoms with Gasteiger partial charge in [0.15, 0.2) is 0 Å². The van der Waals surface area contributed by atoms with Gasteiger partial charge in [-0.25, -0.2) is 9.78 Å². The summed E-state index contributed by atoms with van der Waals surface area (Å²) in [5.74, 6) is -0.185. The van der Waals surface area contributed by atoms with E-state index in [-0.39, 0.29) is 17.9 Å². The number of aliphatic hydroxyl groups is 1. The number of nitrogens with zero attached hydrogens (tertiary/aromatic N) is 4. The number of aromatic nitrogens is 1. The first kappa shape index (κ1) is 26.7. The fraction of sp³-hybridized carbons (Fsp3) is 0.483. The summed E-state index contributed by atoms with van der Waals surface area (Å²) >= 11 is 0. The molecule has 2 aromatic rings. The highest BCUT2D eigenvalue weighted by Gasteiger charge is 2.32. The highest BCUT2D eigenvalue weighted by atomic mass is 16.4. The van der Waals surface area contributed by atoms with Gasteiger partial charge in [-0.15, -0.1) is 0 Å². The molecule has 2 fully saturated rings. The minimum absolute atomic E-state index is 0.0560. The van der Waals surface area contributed by atoms with E-state index in [0.717, 1.165) is 32.0 Å². The zero-order chi connectivity index (χ0) is 26.4. The quantitative estimate of drug-likeness (QED) is 0.522. The molecule has 1 aromatic heterocycles. The molecular weight excluding hydrogens is 468 g/mol. The number of hydrogen-bond donors (Lipinski definition) is 2. The third-order valence-corrected chi connectivity index (χ3v) is 7.56. The molecule has 198 valence electrons. The fourth-order valence-electron chi connectivity index (χ4n) is 5.29. The summed E-state index contributed by atoms with van der Waals surface area (Å²) in [6.07, 6.45) is 8.50. The van der Waals surface area contributed by atoms with Crippen LogP contribution in [0.25, 0.3) is 6.08 Å². The number of carboxylic acid groups (broad SMARTS) is 1. The molecule has 0 radical (unpaired) electrons. The number of carbonyl (C=O) groups is 2. The van der Waals surface area contributed by atoms with Crippen molar-refractivity contribution in [2.75, 3.05) is 48.4 Å². The molecule has 1 amide bonds. The predicted octanol–water partition coefficient (Wildman–Crippen LogP) is 4.05. The Morgan fingerprint density at radius 2 is 1.70 bits per heavy atom. The molecule has 2 N–H and O–H groups in total. The average Bonchev–Trinajstić information content (AvgIpc) is 2.91. The van der Waals surface area contributed by atoms with Gasteiger partial charge < -0.3 is 20.0 Å². The lowest BCUT2D eigenvalue weighted by atomic mass is 9.86. The number of pyridine rings is 1. The Balaban J connectivity index is 1.47. The molecule has 37 heavy (non-hydrogen) atoms. The van der Waals surface area contributed by atoms with Gasteiger partial charge in [-0.3, -0.25) is 9.69 Å². The highest BCUT2D eigenvalue weighted by molar-refractivity contribution is 5.94. The van der Waals surface area contributed by atoms with Crippen molar-refractivity contribution >= 4 is 35.1 Å². The average molecular weight is 507 g/mol. The van der Waals surface area contributed by atoms with Crippen LogP contribution in [-0.2, 0) is 9.59 Å². The molecule has 0 spiro atoms. The van der Waals surface area contributed by atoms with Crippen molar-refractivity contribution in [2.24, 2.45) is 11.8 Å². The van der Waals surface area contributed by atoms with Crippen LogP contribution in [0.3, 0.4) is 0 Å². The first-order valence-corrected chi connectivity index (χ1v) is 13.2. The molecule has 0 bridgehead atoms. The fourth-order valence-corrected chi connectivity index (χ4v) is 5.29. The first-order chi connectivity index (χ1) is 17.8. The number of anilines is 3. The maximum Gasteiger partial charge on any atom is 0.328 e. The molecule has 8 heteroatoms. The lowest BCUT2D eigenvalue weighted by Crippen LogP contribution is -2.44. The summed E-state index contributed by atoms with van der Waals surface area (Å²) in [7, 11) is 4.08. The molecule has 2 aliphatic rings. The molecule has 1 saturated heterocycles. The Bertz CT molecular complexity index is 1090. The van der Waals surface area contributed by atoms with Crippen molar-refractivity contribution in [3.63, 3.8) is 0 Å². The van der Waals surface area contributed by atoms with Crippen LogP contribution in [0.4, 0.5) is 17.2 Å². The molecule has 4 rings (SSSR count). The largest absolute Gasteiger partial charge is 0.478 e. The lowest BCUT2D eigenvalue weighted by molar-refractivity contribution is -0.131. The van der Waals surface area contributed by atoms with Crippen molar-refractivity contribution in [1.82, 2.24) is 4.98 Å². The SMILES string of the molecule is CN(C)c1ccc(N2CCC(CN(C(=O)C3CCC(O)CC3)c3cc(C=CC(=O)O)ccn3)CC2)cc1. The standard InChI is InChI=1S/C29H38N4O4/c1-31(2)24-6-8-25(9-7-24)32-17-14-22(15-18-32)20-33(29(37)23-4-10-26(34)11-5-23)27-19-21(13-16-30-27)3-12-28(35)36/h3,6-9,12-13,16,19,22-23,26,34H,4-5,10-11,14-15,17-18,20H2,1-2H3,(H,35,36). The number of piperidine rings is 1. The lowest BCUT2D eigenvalue weighted by Gasteiger charge is -2.37. The zero-order valence-corrected chi connectivity index (χ0v) is 21.8. The predicted molar refractivity (Wildman–Crippen MR) is 147 cm³/mol. The third kappa shape index (κ3) is 7.10. The van der Waals surface area contributed by atoms with Gasteiger partial charge in [0.2, 0.25) is 5.91 Å². The Morgan fingerprint density at radius 3 is 2.32 bits per heavy atom. The van der Waals surface area contributed by atoms with Gasteiger partial charge in [0.1, 0.15) is 5.82 Å². The van der Waals surface area contributed by atoms with Gasteiger partial charge in [-0.2, -0.15) is 0 Å². The van der Waals surface area contributed by atoms with E-state index in [4.69, 9.17) is 5.11 Å². The molecule has 1 saturated carbocycles. The van der Waals surface area contributed by atoms with Crippen molar-refractivity contribution in [2.45, 2.75) is 44.6 Å². The van der Waals surface area contributed by atoms with E-state index in [9.17, 15) is 14.7 Å². The monoisotopic (exact) mass is 506 g/mol. The maximum atomic E-state index is 13.7. The Morgan fingerprint density at radius 1 is 1.03 bits per heavy atom. The van der Waals surface area contributed by atoms with Crippen LogP contribution in [-0.4, -0.2) is 66.9 Å². The number of aliphatic carboxylic acids is 1. The van der Waals surface area contributed by atoms with E-state index in [1.165, 1.54) is 17.5 Å². The normalized spacial score (nSPS) is 20.7. The van der Waals surface area contributed by atoms with E-state index < -0.39 is 5.97 Å². The van der Waals surface area contributed by atoms with Gasteiger partial charge in [-0.1, -0.05) is 0 Å². The Kier molecular flexibility index (Phi) is 8.82. The van der Waals surface area contributed by atoms with Crippen LogP contribution in [0.5, 0.6) is 0 Å². The topological polar surface area (TPSA) is 97.2 Å². The minimum atomic E-state index is -1.02. The van der Waals surface area contributed by atoms with E-state index in [0.29, 0.717) is 49.5 Å². The van der Waals surface area contributed by atoms with Crippen LogP contribution < -0.4 is 14.7 Å². The molecule has 2 heterocycles. The molecule has 1 aliphatic heterocycles. The maximum absolute atomic E-state index is 13.7. The number of benzene rings is 1. The number of rotatable bonds is 8. The minimum Gasteiger partial charge on any atom is -0.478 e. The third-order valence-electron chi connectivity index (χ3n) is 7.56. The molecule has 0 unspecified atom stereocenters. The van der Waals surface area contributed by atoms with Crippen LogP contribution in [0.1, 0.15) is 44.1 Å². The van der Waals surface area contributed by atoms with E-state index in [1.54, 1.807) is 18.3 Å². The van der Waals surface area contributed by atoms with Crippen molar-refractivity contribution < 1.29 is 19.8 Å². The second kappa shape index (κ2) is 12.2. The highest BCUT2D eigenvalue weighted by Crippen LogP contribution is 2.31. The van der Waals surface area contributed by atoms with E-state index >= 15 is 0 Å². The Labute approximate surface area is 219 Å². The van der Waals surface area contributed by atoms with Gasteiger partial charge in [0.05, 0.1) is 6.10 Å². The van der Waals surface area contributed by atoms with Crippen molar-refractivity contribution in [3.8, 4) is 0 Å². The number of hydrogen-bond acceptors (Lipinski definition) is 6. The summed E-state index contributed by atoms with van der Waals surface area (Å²) in [5, 5.41) is 18.9. The summed E-state index contributed by atoms with van der Waals surface area (Å²) in [6.45, 7) is 2.45. The van der Waals surface area contributed by atoms with Crippen molar-refractivity contribution in [1.29, 1.82) is 0 Å². The second-order valence-corrected chi connectivity index (χ2v) is 10.4.